The minimum atomic E-state index is -0.369. The van der Waals surface area contributed by atoms with Crippen LogP contribution in [0.3, 0.4) is 0 Å². The second-order valence-electron chi connectivity index (χ2n) is 3.54. The fourth-order valence-corrected chi connectivity index (χ4v) is 1.72. The van der Waals surface area contributed by atoms with Gasteiger partial charge in [-0.2, -0.15) is 0 Å². The van der Waals surface area contributed by atoms with Crippen LogP contribution in [0.15, 0.2) is 16.9 Å². The number of hydrogen-bond acceptors (Lipinski definition) is 2. The standard InChI is InChI=1S/C10H12FN3O/c1-13-8-3-6(5-12)7(11)4-9(8)14(2)10(13)15/h3-4H,5,12H2,1-2H3. The molecule has 4 nitrogen and oxygen atoms in total. The van der Waals surface area contributed by atoms with Crippen molar-refractivity contribution in [3.63, 3.8) is 0 Å². The van der Waals surface area contributed by atoms with E-state index >= 15 is 0 Å². The van der Waals surface area contributed by atoms with Crippen molar-refractivity contribution in [2.75, 3.05) is 0 Å². The minimum absolute atomic E-state index is 0.130. The first kappa shape index (κ1) is 9.92. The second-order valence-corrected chi connectivity index (χ2v) is 3.54. The maximum atomic E-state index is 13.4. The SMILES string of the molecule is Cn1c(=O)n(C)c2cc(CN)c(F)cc21. The van der Waals surface area contributed by atoms with Crippen LogP contribution in [-0.2, 0) is 20.6 Å². The van der Waals surface area contributed by atoms with E-state index in [0.717, 1.165) is 0 Å². The first-order valence-corrected chi connectivity index (χ1v) is 4.60. The molecule has 0 saturated carbocycles. The Bertz CT molecular complexity index is 582. The van der Waals surface area contributed by atoms with Gasteiger partial charge in [0.1, 0.15) is 5.82 Å². The zero-order chi connectivity index (χ0) is 11.2. The first-order chi connectivity index (χ1) is 7.06. The third-order valence-electron chi connectivity index (χ3n) is 2.66. The topological polar surface area (TPSA) is 53.0 Å². The summed E-state index contributed by atoms with van der Waals surface area (Å²) in [5.41, 5.74) is 6.93. The van der Waals surface area contributed by atoms with Crippen LogP contribution < -0.4 is 11.4 Å². The van der Waals surface area contributed by atoms with Crippen molar-refractivity contribution in [1.82, 2.24) is 9.13 Å². The fourth-order valence-electron chi connectivity index (χ4n) is 1.72. The van der Waals surface area contributed by atoms with E-state index in [4.69, 9.17) is 5.73 Å². The molecule has 1 aromatic carbocycles. The molecular weight excluding hydrogens is 197 g/mol. The van der Waals surface area contributed by atoms with Crippen molar-refractivity contribution in [2.24, 2.45) is 19.8 Å². The Balaban J connectivity index is 2.94. The van der Waals surface area contributed by atoms with Gasteiger partial charge in [-0.15, -0.1) is 0 Å². The van der Waals surface area contributed by atoms with Gasteiger partial charge in [-0.25, -0.2) is 9.18 Å². The summed E-state index contributed by atoms with van der Waals surface area (Å²) in [5.74, 6) is -0.369. The van der Waals surface area contributed by atoms with Gasteiger partial charge in [-0.05, 0) is 6.07 Å². The zero-order valence-electron chi connectivity index (χ0n) is 8.62. The van der Waals surface area contributed by atoms with Gasteiger partial charge in [0.25, 0.3) is 0 Å². The Kier molecular flexibility index (Phi) is 2.12. The lowest BCUT2D eigenvalue weighted by molar-refractivity contribution is 0.612. The molecule has 0 bridgehead atoms. The lowest BCUT2D eigenvalue weighted by Gasteiger charge is -2.01. The van der Waals surface area contributed by atoms with Crippen LogP contribution >= 0.6 is 0 Å². The maximum Gasteiger partial charge on any atom is 0.328 e. The molecular formula is C10H12FN3O. The number of nitrogens with two attached hydrogens (primary N) is 1. The third kappa shape index (κ3) is 1.27. The number of rotatable bonds is 1. The van der Waals surface area contributed by atoms with E-state index in [1.54, 1.807) is 20.2 Å². The van der Waals surface area contributed by atoms with E-state index in [1.807, 2.05) is 0 Å². The molecule has 80 valence electrons. The van der Waals surface area contributed by atoms with Gasteiger partial charge in [0, 0.05) is 32.3 Å². The Hall–Kier alpha value is -1.62. The van der Waals surface area contributed by atoms with E-state index in [0.29, 0.717) is 16.6 Å². The van der Waals surface area contributed by atoms with Crippen LogP contribution in [0.1, 0.15) is 5.56 Å². The predicted octanol–water partition coefficient (Wildman–Crippen LogP) is 0.475. The van der Waals surface area contributed by atoms with E-state index in [-0.39, 0.29) is 18.1 Å². The monoisotopic (exact) mass is 209 g/mol. The average molecular weight is 209 g/mol. The van der Waals surface area contributed by atoms with E-state index in [1.165, 1.54) is 15.2 Å². The molecule has 1 aromatic heterocycles. The predicted molar refractivity (Wildman–Crippen MR) is 56.0 cm³/mol. The summed E-state index contributed by atoms with van der Waals surface area (Å²) < 4.78 is 16.3. The summed E-state index contributed by atoms with van der Waals surface area (Å²) >= 11 is 0. The van der Waals surface area contributed by atoms with Crippen molar-refractivity contribution in [3.05, 3.63) is 34.0 Å². The molecule has 0 fully saturated rings. The molecule has 2 rings (SSSR count). The van der Waals surface area contributed by atoms with Gasteiger partial charge < -0.3 is 5.73 Å². The van der Waals surface area contributed by atoms with Crippen LogP contribution in [0, 0.1) is 5.82 Å². The van der Waals surface area contributed by atoms with Crippen molar-refractivity contribution in [1.29, 1.82) is 0 Å². The van der Waals surface area contributed by atoms with Gasteiger partial charge in [0.2, 0.25) is 0 Å². The van der Waals surface area contributed by atoms with Gasteiger partial charge in [-0.1, -0.05) is 0 Å². The van der Waals surface area contributed by atoms with Crippen molar-refractivity contribution in [2.45, 2.75) is 6.54 Å². The smallest absolute Gasteiger partial charge is 0.326 e. The number of fused-ring (bicyclic) bond motifs is 1. The highest BCUT2D eigenvalue weighted by molar-refractivity contribution is 5.77. The molecule has 2 aromatic rings. The molecule has 0 saturated heterocycles. The van der Waals surface area contributed by atoms with Crippen LogP contribution in [0.25, 0.3) is 11.0 Å². The normalized spacial score (nSPS) is 11.2. The molecule has 0 radical (unpaired) electrons. The van der Waals surface area contributed by atoms with Gasteiger partial charge in [-0.3, -0.25) is 9.13 Å². The lowest BCUT2D eigenvalue weighted by atomic mass is 10.2. The summed E-state index contributed by atoms with van der Waals surface area (Å²) in [6.07, 6.45) is 0. The van der Waals surface area contributed by atoms with Gasteiger partial charge >= 0.3 is 5.69 Å². The van der Waals surface area contributed by atoms with Gasteiger partial charge in [0.15, 0.2) is 0 Å². The molecule has 15 heavy (non-hydrogen) atoms. The molecule has 0 spiro atoms. The molecule has 5 heteroatoms. The summed E-state index contributed by atoms with van der Waals surface area (Å²) in [6.45, 7) is 0.130. The number of halogens is 1. The second kappa shape index (κ2) is 3.20. The van der Waals surface area contributed by atoms with E-state index in [9.17, 15) is 9.18 Å². The minimum Gasteiger partial charge on any atom is -0.326 e. The molecule has 0 amide bonds. The Morgan fingerprint density at radius 3 is 2.33 bits per heavy atom. The molecule has 0 aliphatic rings. The number of imidazole rings is 1. The molecule has 1 heterocycles. The van der Waals surface area contributed by atoms with Gasteiger partial charge in [0.05, 0.1) is 11.0 Å². The molecule has 0 unspecified atom stereocenters. The number of aryl methyl sites for hydroxylation is 2. The summed E-state index contributed by atoms with van der Waals surface area (Å²) in [7, 11) is 3.27. The summed E-state index contributed by atoms with van der Waals surface area (Å²) in [6, 6.07) is 2.96. The van der Waals surface area contributed by atoms with Crippen LogP contribution in [0.4, 0.5) is 4.39 Å². The lowest BCUT2D eigenvalue weighted by Crippen LogP contribution is -2.19. The average Bonchev–Trinajstić information content (AvgIpc) is 2.43. The summed E-state index contributed by atoms with van der Waals surface area (Å²) in [5, 5.41) is 0. The third-order valence-corrected chi connectivity index (χ3v) is 2.66. The van der Waals surface area contributed by atoms with Crippen LogP contribution in [-0.4, -0.2) is 9.13 Å². The first-order valence-electron chi connectivity index (χ1n) is 4.60. The number of aromatic nitrogens is 2. The quantitative estimate of drug-likeness (QED) is 0.742. The molecule has 0 aliphatic heterocycles. The Labute approximate surface area is 85.7 Å². The highest BCUT2D eigenvalue weighted by Gasteiger charge is 2.11. The zero-order valence-corrected chi connectivity index (χ0v) is 8.62. The molecule has 0 aliphatic carbocycles. The highest BCUT2D eigenvalue weighted by Crippen LogP contribution is 2.17. The number of benzene rings is 1. The Morgan fingerprint density at radius 1 is 1.27 bits per heavy atom. The Morgan fingerprint density at radius 2 is 1.80 bits per heavy atom. The van der Waals surface area contributed by atoms with Crippen LogP contribution in [0.2, 0.25) is 0 Å². The summed E-state index contributed by atoms with van der Waals surface area (Å²) in [4.78, 5) is 11.6. The van der Waals surface area contributed by atoms with Crippen molar-refractivity contribution < 1.29 is 4.39 Å². The maximum absolute atomic E-state index is 13.4. The van der Waals surface area contributed by atoms with E-state index in [2.05, 4.69) is 0 Å². The fraction of sp³-hybridized carbons (Fsp3) is 0.300. The largest absolute Gasteiger partial charge is 0.328 e. The number of hydrogen-bond donors (Lipinski definition) is 1. The van der Waals surface area contributed by atoms with Crippen LogP contribution in [0.5, 0.6) is 0 Å². The number of nitrogens with zero attached hydrogens (tertiary/aromatic N) is 2. The van der Waals surface area contributed by atoms with Crippen molar-refractivity contribution in [3.8, 4) is 0 Å². The highest BCUT2D eigenvalue weighted by atomic mass is 19.1. The van der Waals surface area contributed by atoms with E-state index < -0.39 is 0 Å². The van der Waals surface area contributed by atoms with Crippen molar-refractivity contribution >= 4 is 11.0 Å². The molecule has 2 N–H and O–H groups in total. The molecule has 0 atom stereocenters.